The fourth-order valence-corrected chi connectivity index (χ4v) is 2.57. The van der Waals surface area contributed by atoms with E-state index in [1.54, 1.807) is 45.6 Å². The average molecular weight is 373 g/mol. The number of hydrogen-bond acceptors (Lipinski definition) is 6. The summed E-state index contributed by atoms with van der Waals surface area (Å²) in [6.07, 6.45) is 0.778. The minimum atomic E-state index is -0.421. The van der Waals surface area contributed by atoms with E-state index in [1.165, 1.54) is 7.11 Å². The molecule has 1 amide bonds. The first-order chi connectivity index (χ1) is 13.0. The molecular formula is C20H23NO6. The number of ether oxygens (including phenoxy) is 4. The molecule has 0 aliphatic rings. The summed E-state index contributed by atoms with van der Waals surface area (Å²) in [5.74, 6) is 1.04. The molecule has 0 unspecified atom stereocenters. The van der Waals surface area contributed by atoms with E-state index in [4.69, 9.17) is 14.2 Å². The predicted octanol–water partition coefficient (Wildman–Crippen LogP) is 3.07. The van der Waals surface area contributed by atoms with Crippen LogP contribution in [-0.4, -0.2) is 40.3 Å². The summed E-state index contributed by atoms with van der Waals surface area (Å²) < 4.78 is 20.6. The van der Waals surface area contributed by atoms with Crippen molar-refractivity contribution in [1.82, 2.24) is 0 Å². The van der Waals surface area contributed by atoms with Crippen LogP contribution in [0.5, 0.6) is 17.2 Å². The second-order valence-corrected chi connectivity index (χ2v) is 5.65. The van der Waals surface area contributed by atoms with Crippen molar-refractivity contribution in [2.45, 2.75) is 12.8 Å². The highest BCUT2D eigenvalue weighted by Gasteiger charge is 2.14. The Bertz CT molecular complexity index is 776. The molecule has 0 saturated heterocycles. The molecule has 0 aliphatic carbocycles. The zero-order valence-electron chi connectivity index (χ0n) is 15.8. The van der Waals surface area contributed by atoms with E-state index in [1.807, 2.05) is 12.1 Å². The number of rotatable bonds is 8. The average Bonchev–Trinajstić information content (AvgIpc) is 2.71. The van der Waals surface area contributed by atoms with Crippen LogP contribution in [0.15, 0.2) is 36.4 Å². The largest absolute Gasteiger partial charge is 0.493 e. The number of carbonyl (C=O) groups excluding carboxylic acids is 2. The molecule has 2 rings (SSSR count). The van der Waals surface area contributed by atoms with E-state index >= 15 is 0 Å². The molecule has 0 bridgehead atoms. The maximum absolute atomic E-state index is 12.2. The van der Waals surface area contributed by atoms with E-state index in [0.717, 1.165) is 5.56 Å². The highest BCUT2D eigenvalue weighted by atomic mass is 16.5. The van der Waals surface area contributed by atoms with E-state index in [2.05, 4.69) is 10.1 Å². The molecule has 0 fully saturated rings. The van der Waals surface area contributed by atoms with E-state index in [-0.39, 0.29) is 12.3 Å². The van der Waals surface area contributed by atoms with Crippen molar-refractivity contribution >= 4 is 17.6 Å². The molecule has 2 aromatic carbocycles. The molecule has 27 heavy (non-hydrogen) atoms. The topological polar surface area (TPSA) is 83.1 Å². The van der Waals surface area contributed by atoms with Crippen LogP contribution >= 0.6 is 0 Å². The summed E-state index contributed by atoms with van der Waals surface area (Å²) >= 11 is 0. The van der Waals surface area contributed by atoms with E-state index in [9.17, 15) is 9.59 Å². The minimum Gasteiger partial charge on any atom is -0.493 e. The number of esters is 1. The smallest absolute Gasteiger partial charge is 0.337 e. The number of methoxy groups -OCH3 is 4. The summed E-state index contributed by atoms with van der Waals surface area (Å²) in [5.41, 5.74) is 1.92. The second kappa shape index (κ2) is 9.47. The van der Waals surface area contributed by atoms with Gasteiger partial charge in [-0.3, -0.25) is 4.79 Å². The molecular weight excluding hydrogens is 350 g/mol. The first kappa shape index (κ1) is 20.1. The molecule has 0 saturated carbocycles. The van der Waals surface area contributed by atoms with Gasteiger partial charge in [0.15, 0.2) is 11.5 Å². The molecule has 7 heteroatoms. The number of amides is 1. The third-order valence-electron chi connectivity index (χ3n) is 3.96. The molecule has 144 valence electrons. The Morgan fingerprint density at radius 3 is 1.96 bits per heavy atom. The van der Waals surface area contributed by atoms with Crippen LogP contribution in [0, 0.1) is 0 Å². The van der Waals surface area contributed by atoms with Gasteiger partial charge < -0.3 is 24.3 Å². The number of benzene rings is 2. The number of hydrogen-bond donors (Lipinski definition) is 1. The third kappa shape index (κ3) is 5.13. The Kier molecular flexibility index (Phi) is 7.05. The lowest BCUT2D eigenvalue weighted by atomic mass is 10.1. The molecule has 1 N–H and O–H groups in total. The van der Waals surface area contributed by atoms with Crippen LogP contribution < -0.4 is 19.5 Å². The number of carbonyl (C=O) groups is 2. The van der Waals surface area contributed by atoms with Gasteiger partial charge in [0.2, 0.25) is 11.7 Å². The van der Waals surface area contributed by atoms with Crippen molar-refractivity contribution in [2.24, 2.45) is 0 Å². The molecule has 0 aromatic heterocycles. The van der Waals surface area contributed by atoms with Gasteiger partial charge >= 0.3 is 5.97 Å². The first-order valence-corrected chi connectivity index (χ1v) is 8.29. The highest BCUT2D eigenvalue weighted by molar-refractivity contribution is 5.93. The molecule has 0 heterocycles. The van der Waals surface area contributed by atoms with Gasteiger partial charge in [-0.05, 0) is 48.4 Å². The van der Waals surface area contributed by atoms with Crippen LogP contribution in [0.1, 0.15) is 22.3 Å². The van der Waals surface area contributed by atoms with Crippen molar-refractivity contribution in [1.29, 1.82) is 0 Å². The van der Waals surface area contributed by atoms with Crippen LogP contribution in [0.25, 0.3) is 0 Å². The van der Waals surface area contributed by atoms with Gasteiger partial charge in [0, 0.05) is 12.1 Å². The van der Waals surface area contributed by atoms with Crippen molar-refractivity contribution in [3.05, 3.63) is 47.5 Å². The Morgan fingerprint density at radius 2 is 1.48 bits per heavy atom. The Morgan fingerprint density at radius 1 is 0.889 bits per heavy atom. The Hall–Kier alpha value is -3.22. The summed E-state index contributed by atoms with van der Waals surface area (Å²) in [6.45, 7) is 0. The Labute approximate surface area is 158 Å². The van der Waals surface area contributed by atoms with Gasteiger partial charge in [-0.2, -0.15) is 0 Å². The SMILES string of the molecule is COC(=O)c1ccc(NC(=O)CCc2cc(OC)c(OC)c(OC)c2)cc1. The van der Waals surface area contributed by atoms with Crippen molar-refractivity contribution < 1.29 is 28.5 Å². The molecule has 0 radical (unpaired) electrons. The van der Waals surface area contributed by atoms with Crippen molar-refractivity contribution in [3.8, 4) is 17.2 Å². The van der Waals surface area contributed by atoms with Gasteiger partial charge in [0.25, 0.3) is 0 Å². The number of nitrogens with one attached hydrogen (secondary N) is 1. The number of aryl methyl sites for hydroxylation is 1. The van der Waals surface area contributed by atoms with Crippen molar-refractivity contribution in [2.75, 3.05) is 33.8 Å². The first-order valence-electron chi connectivity index (χ1n) is 8.29. The van der Waals surface area contributed by atoms with Crippen LogP contribution in [0.3, 0.4) is 0 Å². The minimum absolute atomic E-state index is 0.144. The highest BCUT2D eigenvalue weighted by Crippen LogP contribution is 2.38. The van der Waals surface area contributed by atoms with Crippen LogP contribution in [-0.2, 0) is 16.0 Å². The fraction of sp³-hybridized carbons (Fsp3) is 0.300. The zero-order valence-corrected chi connectivity index (χ0v) is 15.8. The molecule has 0 spiro atoms. The van der Waals surface area contributed by atoms with E-state index < -0.39 is 5.97 Å². The molecule has 0 aliphatic heterocycles. The maximum atomic E-state index is 12.2. The van der Waals surface area contributed by atoms with Crippen LogP contribution in [0.4, 0.5) is 5.69 Å². The van der Waals surface area contributed by atoms with Gasteiger partial charge in [-0.25, -0.2) is 4.79 Å². The zero-order chi connectivity index (χ0) is 19.8. The predicted molar refractivity (Wildman–Crippen MR) is 101 cm³/mol. The summed E-state index contributed by atoms with van der Waals surface area (Å²) in [4.78, 5) is 23.6. The molecule has 0 atom stereocenters. The van der Waals surface area contributed by atoms with Crippen LogP contribution in [0.2, 0.25) is 0 Å². The monoisotopic (exact) mass is 373 g/mol. The summed E-state index contributed by atoms with van der Waals surface area (Å²) in [6, 6.07) is 10.1. The molecule has 7 nitrogen and oxygen atoms in total. The standard InChI is InChI=1S/C20H23NO6/c1-24-16-11-13(12-17(25-2)19(16)26-3)5-10-18(22)21-15-8-6-14(7-9-15)20(23)27-4/h6-9,11-12H,5,10H2,1-4H3,(H,21,22). The fourth-order valence-electron chi connectivity index (χ4n) is 2.57. The molecule has 2 aromatic rings. The van der Waals surface area contributed by atoms with Crippen molar-refractivity contribution in [3.63, 3.8) is 0 Å². The maximum Gasteiger partial charge on any atom is 0.337 e. The lowest BCUT2D eigenvalue weighted by molar-refractivity contribution is -0.116. The van der Waals surface area contributed by atoms with Gasteiger partial charge in [0.1, 0.15) is 0 Å². The van der Waals surface area contributed by atoms with Gasteiger partial charge in [-0.1, -0.05) is 0 Å². The Balaban J connectivity index is 2.00. The third-order valence-corrected chi connectivity index (χ3v) is 3.96. The summed E-state index contributed by atoms with van der Waals surface area (Å²) in [7, 11) is 5.96. The van der Waals surface area contributed by atoms with Gasteiger partial charge in [0.05, 0.1) is 34.0 Å². The lowest BCUT2D eigenvalue weighted by Crippen LogP contribution is -2.12. The number of anilines is 1. The quantitative estimate of drug-likeness (QED) is 0.716. The summed E-state index contributed by atoms with van der Waals surface area (Å²) in [5, 5.41) is 2.80. The second-order valence-electron chi connectivity index (χ2n) is 5.65. The van der Waals surface area contributed by atoms with E-state index in [0.29, 0.717) is 34.9 Å². The lowest BCUT2D eigenvalue weighted by Gasteiger charge is -2.14. The van der Waals surface area contributed by atoms with Gasteiger partial charge in [-0.15, -0.1) is 0 Å². The normalized spacial score (nSPS) is 10.1.